The van der Waals surface area contributed by atoms with Crippen LogP contribution in [0.15, 0.2) is 18.2 Å². The van der Waals surface area contributed by atoms with E-state index in [1.807, 2.05) is 18.2 Å². The van der Waals surface area contributed by atoms with Crippen LogP contribution in [0.25, 0.3) is 0 Å². The Morgan fingerprint density at radius 1 is 0.870 bits per heavy atom. The Balaban J connectivity index is 2.20. The first-order chi connectivity index (χ1) is 11.2. The third kappa shape index (κ3) is 8.26. The van der Waals surface area contributed by atoms with Gasteiger partial charge in [0.15, 0.2) is 11.5 Å². The minimum atomic E-state index is -0.270. The second-order valence-electron chi connectivity index (χ2n) is 6.31. The van der Waals surface area contributed by atoms with E-state index in [2.05, 4.69) is 6.92 Å². The molecule has 0 saturated carbocycles. The van der Waals surface area contributed by atoms with Gasteiger partial charge in [0, 0.05) is 0 Å². The predicted molar refractivity (Wildman–Crippen MR) is 96.5 cm³/mol. The number of rotatable bonds is 13. The topological polar surface area (TPSA) is 38.7 Å². The molecule has 1 rings (SSSR count). The Bertz CT molecular complexity index is 417. The molecule has 3 nitrogen and oxygen atoms in total. The van der Waals surface area contributed by atoms with Crippen LogP contribution in [0.2, 0.25) is 0 Å². The van der Waals surface area contributed by atoms with Crippen molar-refractivity contribution in [3.05, 3.63) is 23.8 Å². The van der Waals surface area contributed by atoms with Crippen molar-refractivity contribution in [3.63, 3.8) is 0 Å². The van der Waals surface area contributed by atoms with Gasteiger partial charge >= 0.3 is 0 Å². The van der Waals surface area contributed by atoms with E-state index in [4.69, 9.17) is 9.47 Å². The lowest BCUT2D eigenvalue weighted by atomic mass is 10.0. The van der Waals surface area contributed by atoms with Gasteiger partial charge in [-0.15, -0.1) is 0 Å². The van der Waals surface area contributed by atoms with Crippen molar-refractivity contribution in [1.29, 1.82) is 0 Å². The van der Waals surface area contributed by atoms with Crippen LogP contribution in [0.3, 0.4) is 0 Å². The molecular formula is C20H34O3. The van der Waals surface area contributed by atoms with Crippen LogP contribution < -0.4 is 9.47 Å². The number of hydrogen-bond donors (Lipinski definition) is 1. The molecule has 0 amide bonds. The number of ether oxygens (including phenoxy) is 2. The molecule has 0 radical (unpaired) electrons. The maximum Gasteiger partial charge on any atom is 0.160 e. The molecule has 132 valence electrons. The van der Waals surface area contributed by atoms with Crippen molar-refractivity contribution in [2.24, 2.45) is 0 Å². The summed E-state index contributed by atoms with van der Waals surface area (Å²) in [5, 5.41) is 10.2. The summed E-state index contributed by atoms with van der Waals surface area (Å²) in [4.78, 5) is 0. The van der Waals surface area contributed by atoms with Crippen LogP contribution in [0.4, 0.5) is 0 Å². The number of unbranched alkanes of at least 4 members (excludes halogenated alkanes) is 7. The number of benzene rings is 1. The molecule has 3 heteroatoms. The summed E-state index contributed by atoms with van der Waals surface area (Å²) in [5.74, 6) is 1.46. The first-order valence-electron chi connectivity index (χ1n) is 9.10. The van der Waals surface area contributed by atoms with Crippen LogP contribution in [-0.4, -0.2) is 25.4 Å². The highest BCUT2D eigenvalue weighted by Gasteiger charge is 2.09. The highest BCUT2D eigenvalue weighted by atomic mass is 16.5. The lowest BCUT2D eigenvalue weighted by molar-refractivity contribution is 0.160. The number of aliphatic hydroxyl groups excluding tert-OH is 1. The van der Waals surface area contributed by atoms with E-state index in [1.165, 1.54) is 44.9 Å². The molecule has 0 aromatic heterocycles. The molecule has 0 bridgehead atoms. The van der Waals surface area contributed by atoms with E-state index in [1.54, 1.807) is 14.2 Å². The monoisotopic (exact) mass is 322 g/mol. The summed E-state index contributed by atoms with van der Waals surface area (Å²) in [6.07, 6.45) is 11.7. The molecular weight excluding hydrogens is 288 g/mol. The van der Waals surface area contributed by atoms with Gasteiger partial charge in [-0.25, -0.2) is 0 Å². The van der Waals surface area contributed by atoms with Crippen LogP contribution in [-0.2, 0) is 6.42 Å². The molecule has 1 atom stereocenters. The molecule has 1 N–H and O–H groups in total. The fourth-order valence-electron chi connectivity index (χ4n) is 2.90. The van der Waals surface area contributed by atoms with E-state index >= 15 is 0 Å². The first-order valence-corrected chi connectivity index (χ1v) is 9.10. The molecule has 1 unspecified atom stereocenters. The molecule has 0 aliphatic carbocycles. The Morgan fingerprint density at radius 2 is 1.48 bits per heavy atom. The first kappa shape index (κ1) is 19.8. The normalized spacial score (nSPS) is 12.2. The third-order valence-electron chi connectivity index (χ3n) is 4.31. The SMILES string of the molecule is CCCCCCCCCCC(O)Cc1ccc(OC)c(OC)c1. The van der Waals surface area contributed by atoms with Crippen molar-refractivity contribution < 1.29 is 14.6 Å². The van der Waals surface area contributed by atoms with Crippen LogP contribution >= 0.6 is 0 Å². The Kier molecular flexibility index (Phi) is 10.5. The number of methoxy groups -OCH3 is 2. The quantitative estimate of drug-likeness (QED) is 0.511. The second kappa shape index (κ2) is 12.2. The van der Waals surface area contributed by atoms with Gasteiger partial charge in [-0.05, 0) is 30.5 Å². The maximum atomic E-state index is 10.2. The van der Waals surface area contributed by atoms with E-state index < -0.39 is 0 Å². The van der Waals surface area contributed by atoms with E-state index in [9.17, 15) is 5.11 Å². The Morgan fingerprint density at radius 3 is 2.09 bits per heavy atom. The van der Waals surface area contributed by atoms with Gasteiger partial charge in [0.25, 0.3) is 0 Å². The smallest absolute Gasteiger partial charge is 0.160 e. The van der Waals surface area contributed by atoms with Gasteiger partial charge in [-0.2, -0.15) is 0 Å². The predicted octanol–water partition coefficient (Wildman–Crippen LogP) is 5.14. The van der Waals surface area contributed by atoms with Crippen molar-refractivity contribution >= 4 is 0 Å². The molecule has 0 aliphatic heterocycles. The van der Waals surface area contributed by atoms with Gasteiger partial charge < -0.3 is 14.6 Å². The highest BCUT2D eigenvalue weighted by molar-refractivity contribution is 5.43. The maximum absolute atomic E-state index is 10.2. The molecule has 0 heterocycles. The molecule has 23 heavy (non-hydrogen) atoms. The van der Waals surface area contributed by atoms with Gasteiger partial charge in [0.1, 0.15) is 0 Å². The van der Waals surface area contributed by atoms with E-state index in [0.29, 0.717) is 6.42 Å². The molecule has 1 aromatic carbocycles. The fraction of sp³-hybridized carbons (Fsp3) is 0.700. The average Bonchev–Trinajstić information content (AvgIpc) is 2.57. The zero-order chi connectivity index (χ0) is 16.9. The molecule has 0 saturated heterocycles. The fourth-order valence-corrected chi connectivity index (χ4v) is 2.90. The van der Waals surface area contributed by atoms with Crippen LogP contribution in [0, 0.1) is 0 Å². The molecule has 1 aromatic rings. The Labute approximate surface area is 142 Å². The van der Waals surface area contributed by atoms with Gasteiger partial charge in [0.2, 0.25) is 0 Å². The summed E-state index contributed by atoms with van der Waals surface area (Å²) in [7, 11) is 3.27. The molecule has 0 spiro atoms. The van der Waals surface area contributed by atoms with Crippen molar-refractivity contribution in [2.45, 2.75) is 77.2 Å². The summed E-state index contributed by atoms with van der Waals surface area (Å²) in [6, 6.07) is 5.85. The highest BCUT2D eigenvalue weighted by Crippen LogP contribution is 2.28. The second-order valence-corrected chi connectivity index (χ2v) is 6.31. The molecule has 0 aliphatic rings. The summed E-state index contributed by atoms with van der Waals surface area (Å²) < 4.78 is 10.5. The average molecular weight is 322 g/mol. The minimum Gasteiger partial charge on any atom is -0.493 e. The summed E-state index contributed by atoms with van der Waals surface area (Å²) in [6.45, 7) is 2.25. The summed E-state index contributed by atoms with van der Waals surface area (Å²) in [5.41, 5.74) is 1.09. The van der Waals surface area contributed by atoms with Gasteiger partial charge in [-0.3, -0.25) is 0 Å². The Hall–Kier alpha value is -1.22. The van der Waals surface area contributed by atoms with Gasteiger partial charge in [-0.1, -0.05) is 64.4 Å². The standard InChI is InChI=1S/C20H34O3/c1-4-5-6-7-8-9-10-11-12-18(21)15-17-13-14-19(22-2)20(16-17)23-3/h13-14,16,18,21H,4-12,15H2,1-3H3. The van der Waals surface area contributed by atoms with E-state index in [0.717, 1.165) is 29.9 Å². The lowest BCUT2D eigenvalue weighted by Crippen LogP contribution is -2.10. The molecule has 0 fully saturated rings. The lowest BCUT2D eigenvalue weighted by Gasteiger charge is -2.13. The zero-order valence-corrected chi connectivity index (χ0v) is 15.1. The van der Waals surface area contributed by atoms with Crippen molar-refractivity contribution in [2.75, 3.05) is 14.2 Å². The third-order valence-corrected chi connectivity index (χ3v) is 4.31. The summed E-state index contributed by atoms with van der Waals surface area (Å²) >= 11 is 0. The van der Waals surface area contributed by atoms with Gasteiger partial charge in [0.05, 0.1) is 20.3 Å². The van der Waals surface area contributed by atoms with Crippen molar-refractivity contribution in [3.8, 4) is 11.5 Å². The minimum absolute atomic E-state index is 0.270. The van der Waals surface area contributed by atoms with E-state index in [-0.39, 0.29) is 6.10 Å². The van der Waals surface area contributed by atoms with Crippen LogP contribution in [0.5, 0.6) is 11.5 Å². The zero-order valence-electron chi connectivity index (χ0n) is 15.1. The number of aliphatic hydroxyl groups is 1. The largest absolute Gasteiger partial charge is 0.493 e. The van der Waals surface area contributed by atoms with Crippen molar-refractivity contribution in [1.82, 2.24) is 0 Å². The number of hydrogen-bond acceptors (Lipinski definition) is 3. The van der Waals surface area contributed by atoms with Crippen LogP contribution in [0.1, 0.15) is 70.3 Å².